The van der Waals surface area contributed by atoms with Crippen LogP contribution in [0, 0.1) is 6.92 Å². The SMILES string of the molecule is CNc1nccc(Oc2ccc3c(C(=O)Nc4ccc(C)c(Cl)c4)cccc3c2)n1. The van der Waals surface area contributed by atoms with Crippen LogP contribution in [0.5, 0.6) is 11.6 Å². The number of rotatable bonds is 5. The number of amides is 1. The predicted octanol–water partition coefficient (Wildman–Crippen LogP) is 5.68. The van der Waals surface area contributed by atoms with Gasteiger partial charge in [0.05, 0.1) is 0 Å². The van der Waals surface area contributed by atoms with E-state index in [0.717, 1.165) is 16.3 Å². The number of halogens is 1. The van der Waals surface area contributed by atoms with Gasteiger partial charge in [-0.25, -0.2) is 4.98 Å². The molecule has 30 heavy (non-hydrogen) atoms. The topological polar surface area (TPSA) is 76.1 Å². The summed E-state index contributed by atoms with van der Waals surface area (Å²) in [4.78, 5) is 21.2. The van der Waals surface area contributed by atoms with E-state index in [1.807, 2.05) is 49.4 Å². The molecule has 0 unspecified atom stereocenters. The Hall–Kier alpha value is -3.64. The van der Waals surface area contributed by atoms with Gasteiger partial charge in [-0.15, -0.1) is 0 Å². The second-order valence-electron chi connectivity index (χ2n) is 6.68. The Bertz CT molecular complexity index is 1240. The highest BCUT2D eigenvalue weighted by molar-refractivity contribution is 6.31. The molecule has 1 aromatic heterocycles. The fourth-order valence-electron chi connectivity index (χ4n) is 3.03. The maximum absolute atomic E-state index is 12.9. The third kappa shape index (κ3) is 4.18. The van der Waals surface area contributed by atoms with Crippen molar-refractivity contribution in [1.29, 1.82) is 0 Å². The number of benzene rings is 3. The summed E-state index contributed by atoms with van der Waals surface area (Å²) in [6.07, 6.45) is 1.62. The van der Waals surface area contributed by atoms with Crippen molar-refractivity contribution in [2.75, 3.05) is 17.7 Å². The van der Waals surface area contributed by atoms with Gasteiger partial charge in [0.25, 0.3) is 5.91 Å². The number of nitrogens with zero attached hydrogens (tertiary/aromatic N) is 2. The highest BCUT2D eigenvalue weighted by atomic mass is 35.5. The van der Waals surface area contributed by atoms with Gasteiger partial charge in [-0.1, -0.05) is 29.8 Å². The molecule has 150 valence electrons. The Morgan fingerprint density at radius 1 is 1.07 bits per heavy atom. The lowest BCUT2D eigenvalue weighted by atomic mass is 10.0. The molecule has 0 aliphatic rings. The lowest BCUT2D eigenvalue weighted by Crippen LogP contribution is -2.12. The molecule has 0 fully saturated rings. The molecule has 6 nitrogen and oxygen atoms in total. The van der Waals surface area contributed by atoms with Crippen LogP contribution in [0.2, 0.25) is 5.02 Å². The van der Waals surface area contributed by atoms with E-state index in [-0.39, 0.29) is 5.91 Å². The van der Waals surface area contributed by atoms with Crippen LogP contribution in [0.25, 0.3) is 10.8 Å². The molecular weight excluding hydrogens is 400 g/mol. The van der Waals surface area contributed by atoms with E-state index in [1.54, 1.807) is 31.4 Å². The summed E-state index contributed by atoms with van der Waals surface area (Å²) in [6, 6.07) is 18.2. The number of carbonyl (C=O) groups excluding carboxylic acids is 1. The molecule has 0 aliphatic carbocycles. The minimum Gasteiger partial charge on any atom is -0.439 e. The molecule has 1 amide bonds. The molecule has 1 heterocycles. The summed E-state index contributed by atoms with van der Waals surface area (Å²) < 4.78 is 5.84. The predicted molar refractivity (Wildman–Crippen MR) is 120 cm³/mol. The van der Waals surface area contributed by atoms with Crippen LogP contribution in [0.3, 0.4) is 0 Å². The van der Waals surface area contributed by atoms with Gasteiger partial charge in [-0.2, -0.15) is 4.98 Å². The molecule has 0 bridgehead atoms. The largest absolute Gasteiger partial charge is 0.439 e. The lowest BCUT2D eigenvalue weighted by molar-refractivity contribution is 0.102. The van der Waals surface area contributed by atoms with Crippen molar-refractivity contribution in [1.82, 2.24) is 9.97 Å². The lowest BCUT2D eigenvalue weighted by Gasteiger charge is -2.11. The van der Waals surface area contributed by atoms with Gasteiger partial charge >= 0.3 is 0 Å². The van der Waals surface area contributed by atoms with Crippen LogP contribution in [0.1, 0.15) is 15.9 Å². The number of nitrogens with one attached hydrogen (secondary N) is 2. The number of ether oxygens (including phenoxy) is 1. The van der Waals surface area contributed by atoms with E-state index in [9.17, 15) is 4.79 Å². The average molecular weight is 419 g/mol. The Labute approximate surface area is 178 Å². The highest BCUT2D eigenvalue weighted by Gasteiger charge is 2.12. The average Bonchev–Trinajstić information content (AvgIpc) is 2.76. The summed E-state index contributed by atoms with van der Waals surface area (Å²) >= 11 is 6.16. The molecule has 3 aromatic carbocycles. The Morgan fingerprint density at radius 2 is 1.93 bits per heavy atom. The number of aryl methyl sites for hydroxylation is 1. The Kier molecular flexibility index (Phi) is 5.50. The molecule has 4 rings (SSSR count). The van der Waals surface area contributed by atoms with Crippen molar-refractivity contribution in [3.8, 4) is 11.6 Å². The number of hydrogen-bond donors (Lipinski definition) is 2. The molecule has 0 spiro atoms. The molecule has 7 heteroatoms. The summed E-state index contributed by atoms with van der Waals surface area (Å²) in [6.45, 7) is 1.92. The second-order valence-corrected chi connectivity index (χ2v) is 7.08. The number of anilines is 2. The van der Waals surface area contributed by atoms with E-state index in [0.29, 0.717) is 33.9 Å². The second kappa shape index (κ2) is 8.39. The van der Waals surface area contributed by atoms with Crippen LogP contribution < -0.4 is 15.4 Å². The molecular formula is C23H19ClN4O2. The third-order valence-electron chi connectivity index (χ3n) is 4.60. The molecule has 2 N–H and O–H groups in total. The van der Waals surface area contributed by atoms with Gasteiger partial charge in [-0.05, 0) is 59.7 Å². The fraction of sp³-hybridized carbons (Fsp3) is 0.0870. The molecule has 0 saturated heterocycles. The third-order valence-corrected chi connectivity index (χ3v) is 5.01. The van der Waals surface area contributed by atoms with Crippen molar-refractivity contribution >= 4 is 39.9 Å². The number of hydrogen-bond acceptors (Lipinski definition) is 5. The minimum atomic E-state index is -0.205. The number of fused-ring (bicyclic) bond motifs is 1. The highest BCUT2D eigenvalue weighted by Crippen LogP contribution is 2.28. The number of carbonyl (C=O) groups is 1. The van der Waals surface area contributed by atoms with Gasteiger partial charge in [0.2, 0.25) is 11.8 Å². The van der Waals surface area contributed by atoms with Crippen molar-refractivity contribution in [3.05, 3.63) is 83.0 Å². The number of aromatic nitrogens is 2. The van der Waals surface area contributed by atoms with E-state index in [1.165, 1.54) is 0 Å². The van der Waals surface area contributed by atoms with Gasteiger partial charge in [-0.3, -0.25) is 4.79 Å². The summed E-state index contributed by atoms with van der Waals surface area (Å²) in [5.74, 6) is 1.32. The minimum absolute atomic E-state index is 0.205. The fourth-order valence-corrected chi connectivity index (χ4v) is 3.21. The molecule has 0 aliphatic heterocycles. The van der Waals surface area contributed by atoms with Gasteiger partial charge in [0.1, 0.15) is 5.75 Å². The normalized spacial score (nSPS) is 10.6. The van der Waals surface area contributed by atoms with Gasteiger partial charge < -0.3 is 15.4 Å². The van der Waals surface area contributed by atoms with Gasteiger partial charge in [0.15, 0.2) is 0 Å². The summed E-state index contributed by atoms with van der Waals surface area (Å²) in [5, 5.41) is 8.09. The van der Waals surface area contributed by atoms with Crippen molar-refractivity contribution < 1.29 is 9.53 Å². The van der Waals surface area contributed by atoms with Crippen LogP contribution in [-0.4, -0.2) is 22.9 Å². The first-order valence-electron chi connectivity index (χ1n) is 9.32. The zero-order chi connectivity index (χ0) is 21.1. The smallest absolute Gasteiger partial charge is 0.256 e. The van der Waals surface area contributed by atoms with E-state index in [2.05, 4.69) is 20.6 Å². The quantitative estimate of drug-likeness (QED) is 0.436. The first-order valence-corrected chi connectivity index (χ1v) is 9.70. The maximum atomic E-state index is 12.9. The van der Waals surface area contributed by atoms with Crippen molar-refractivity contribution in [2.45, 2.75) is 6.92 Å². The van der Waals surface area contributed by atoms with Gasteiger partial charge in [0, 0.05) is 35.6 Å². The van der Waals surface area contributed by atoms with Crippen LogP contribution in [0.4, 0.5) is 11.6 Å². The first kappa shape index (κ1) is 19.7. The van der Waals surface area contributed by atoms with E-state index >= 15 is 0 Å². The maximum Gasteiger partial charge on any atom is 0.256 e. The van der Waals surface area contributed by atoms with Crippen LogP contribution in [-0.2, 0) is 0 Å². The van der Waals surface area contributed by atoms with E-state index in [4.69, 9.17) is 16.3 Å². The standard InChI is InChI=1S/C23H19ClN4O2/c1-14-6-7-16(13-20(14)24)27-22(29)19-5-3-4-15-12-17(8-9-18(15)19)30-21-10-11-26-23(25-2)28-21/h3-13H,1-2H3,(H,27,29)(H,25,26,28). The molecule has 4 aromatic rings. The monoisotopic (exact) mass is 418 g/mol. The first-order chi connectivity index (χ1) is 14.5. The van der Waals surface area contributed by atoms with Crippen molar-refractivity contribution in [2.24, 2.45) is 0 Å². The Balaban J connectivity index is 1.60. The zero-order valence-electron chi connectivity index (χ0n) is 16.4. The zero-order valence-corrected chi connectivity index (χ0v) is 17.2. The molecule has 0 radical (unpaired) electrons. The summed E-state index contributed by atoms with van der Waals surface area (Å²) in [5.41, 5.74) is 2.17. The Morgan fingerprint density at radius 3 is 2.73 bits per heavy atom. The van der Waals surface area contributed by atoms with Crippen LogP contribution in [0.15, 0.2) is 66.9 Å². The van der Waals surface area contributed by atoms with E-state index < -0.39 is 0 Å². The molecule has 0 saturated carbocycles. The van der Waals surface area contributed by atoms with Crippen LogP contribution >= 0.6 is 11.6 Å². The molecule has 0 atom stereocenters. The summed E-state index contributed by atoms with van der Waals surface area (Å²) in [7, 11) is 1.74. The van der Waals surface area contributed by atoms with Crippen molar-refractivity contribution in [3.63, 3.8) is 0 Å².